The first-order chi connectivity index (χ1) is 22.2. The molecule has 0 fully saturated rings. The van der Waals surface area contributed by atoms with Gasteiger partial charge < -0.3 is 14.4 Å². The summed E-state index contributed by atoms with van der Waals surface area (Å²) >= 11 is 0. The number of rotatable bonds is 14. The lowest BCUT2D eigenvalue weighted by Gasteiger charge is -2.28. The van der Waals surface area contributed by atoms with Crippen LogP contribution in [-0.2, 0) is 45.7 Å². The van der Waals surface area contributed by atoms with Gasteiger partial charge in [0.05, 0.1) is 11.9 Å². The van der Waals surface area contributed by atoms with E-state index in [1.54, 1.807) is 6.07 Å². The van der Waals surface area contributed by atoms with E-state index in [1.165, 1.54) is 0 Å². The van der Waals surface area contributed by atoms with E-state index >= 15 is 0 Å². The first kappa shape index (κ1) is 32.3. The van der Waals surface area contributed by atoms with Gasteiger partial charge in [-0.1, -0.05) is 91.0 Å². The molecule has 8 heteroatoms. The number of nitrogens with one attached hydrogen (secondary N) is 1. The van der Waals surface area contributed by atoms with Gasteiger partial charge in [0.25, 0.3) is 0 Å². The van der Waals surface area contributed by atoms with Crippen LogP contribution < -0.4 is 14.4 Å². The minimum Gasteiger partial charge on any atom is -0.461 e. The number of esters is 1. The van der Waals surface area contributed by atoms with Crippen molar-refractivity contribution in [3.05, 3.63) is 155 Å². The Kier molecular flexibility index (Phi) is 10.7. The van der Waals surface area contributed by atoms with Crippen molar-refractivity contribution in [3.8, 4) is 11.5 Å². The second-order valence-corrected chi connectivity index (χ2v) is 13.0. The topological polar surface area (TPSA) is 84.9 Å². The van der Waals surface area contributed by atoms with Crippen molar-refractivity contribution in [3.63, 3.8) is 0 Å². The summed E-state index contributed by atoms with van der Waals surface area (Å²) in [6.45, 7) is 3.48. The van der Waals surface area contributed by atoms with Gasteiger partial charge in [-0.3, -0.25) is 9.52 Å². The Labute approximate surface area is 271 Å². The quantitative estimate of drug-likeness (QED) is 0.125. The lowest BCUT2D eigenvalue weighted by Crippen LogP contribution is -2.23. The molecule has 5 aromatic rings. The van der Waals surface area contributed by atoms with Crippen LogP contribution in [0.4, 0.5) is 11.4 Å². The number of aryl methyl sites for hydroxylation is 1. The molecule has 0 amide bonds. The van der Waals surface area contributed by atoms with Gasteiger partial charge in [0, 0.05) is 25.2 Å². The van der Waals surface area contributed by atoms with E-state index in [9.17, 15) is 13.2 Å². The molecule has 0 bridgehead atoms. The van der Waals surface area contributed by atoms with Gasteiger partial charge in [-0.25, -0.2) is 8.42 Å². The summed E-state index contributed by atoms with van der Waals surface area (Å²) in [4.78, 5) is 14.4. The number of sulfonamides is 1. The second-order valence-electron chi connectivity index (χ2n) is 11.2. The highest BCUT2D eigenvalue weighted by molar-refractivity contribution is 7.92. The van der Waals surface area contributed by atoms with Crippen LogP contribution in [0.25, 0.3) is 0 Å². The molecule has 0 aliphatic rings. The normalized spacial score (nSPS) is 11.1. The fourth-order valence-electron chi connectivity index (χ4n) is 5.11. The smallest absolute Gasteiger partial charge is 0.306 e. The largest absolute Gasteiger partial charge is 0.461 e. The van der Waals surface area contributed by atoms with E-state index in [0.29, 0.717) is 43.1 Å². The number of benzene rings is 5. The predicted molar refractivity (Wildman–Crippen MR) is 183 cm³/mol. The highest BCUT2D eigenvalue weighted by atomic mass is 32.2. The molecular weight excluding hydrogens is 596 g/mol. The maximum atomic E-state index is 12.2. The van der Waals surface area contributed by atoms with Crippen LogP contribution in [-0.4, -0.2) is 20.6 Å². The van der Waals surface area contributed by atoms with Crippen molar-refractivity contribution >= 4 is 27.4 Å². The third kappa shape index (κ3) is 9.71. The van der Waals surface area contributed by atoms with E-state index in [1.807, 2.05) is 116 Å². The molecule has 7 nitrogen and oxygen atoms in total. The van der Waals surface area contributed by atoms with Crippen LogP contribution in [0.2, 0.25) is 0 Å². The summed E-state index contributed by atoms with van der Waals surface area (Å²) in [5, 5.41) is 0. The standard InChI is InChI=1S/C38H38N2O5S/c1-29-36(39-46(2,42)43)14-9-15-37(29)40(26-31-10-5-3-6-11-31)27-32-18-23-35(24-19-32)45-34-21-16-30(17-22-34)20-25-38(41)44-28-33-12-7-4-8-13-33/h3-19,21-24,39H,20,25-28H2,1-2H3. The van der Waals surface area contributed by atoms with E-state index in [2.05, 4.69) is 21.8 Å². The molecule has 0 radical (unpaired) electrons. The molecule has 0 heterocycles. The van der Waals surface area contributed by atoms with Crippen LogP contribution in [0.5, 0.6) is 11.5 Å². The summed E-state index contributed by atoms with van der Waals surface area (Å²) in [6, 6.07) is 41.2. The Bertz CT molecular complexity index is 1830. The number of carbonyl (C=O) groups excluding carboxylic acids is 1. The first-order valence-corrected chi connectivity index (χ1v) is 17.0. The summed E-state index contributed by atoms with van der Waals surface area (Å²) in [6.07, 6.45) is 2.06. The van der Waals surface area contributed by atoms with Gasteiger partial charge in [0.1, 0.15) is 18.1 Å². The zero-order valence-corrected chi connectivity index (χ0v) is 26.9. The van der Waals surface area contributed by atoms with Gasteiger partial charge in [-0.2, -0.15) is 0 Å². The molecule has 0 aliphatic heterocycles. The molecule has 5 aromatic carbocycles. The number of anilines is 2. The molecule has 0 spiro atoms. The molecule has 0 atom stereocenters. The van der Waals surface area contributed by atoms with Crippen LogP contribution in [0.1, 0.15) is 34.2 Å². The third-order valence-electron chi connectivity index (χ3n) is 7.47. The van der Waals surface area contributed by atoms with Gasteiger partial charge >= 0.3 is 5.97 Å². The Morgan fingerprint density at radius 2 is 1.22 bits per heavy atom. The lowest BCUT2D eigenvalue weighted by molar-refractivity contribution is -0.144. The maximum Gasteiger partial charge on any atom is 0.306 e. The molecule has 46 heavy (non-hydrogen) atoms. The lowest BCUT2D eigenvalue weighted by atomic mass is 10.1. The minimum atomic E-state index is -3.41. The summed E-state index contributed by atoms with van der Waals surface area (Å²) in [5.41, 5.74) is 6.60. The highest BCUT2D eigenvalue weighted by Crippen LogP contribution is 2.31. The van der Waals surface area contributed by atoms with Crippen LogP contribution in [0, 0.1) is 6.92 Å². The summed E-state index contributed by atoms with van der Waals surface area (Å²) in [5.74, 6) is 1.20. The van der Waals surface area contributed by atoms with Crippen molar-refractivity contribution in [1.82, 2.24) is 0 Å². The first-order valence-electron chi connectivity index (χ1n) is 15.1. The zero-order chi connectivity index (χ0) is 32.4. The Morgan fingerprint density at radius 3 is 1.80 bits per heavy atom. The average Bonchev–Trinajstić information content (AvgIpc) is 3.05. The molecule has 1 N–H and O–H groups in total. The molecule has 0 saturated carbocycles. The SMILES string of the molecule is Cc1c(NS(C)(=O)=O)cccc1N(Cc1ccccc1)Cc1ccc(Oc2ccc(CCC(=O)OCc3ccccc3)cc2)cc1. The van der Waals surface area contributed by atoms with Crippen molar-refractivity contribution in [1.29, 1.82) is 0 Å². The number of carbonyl (C=O) groups is 1. The Morgan fingerprint density at radius 1 is 0.674 bits per heavy atom. The van der Waals surface area contributed by atoms with Crippen molar-refractivity contribution in [2.75, 3.05) is 15.9 Å². The monoisotopic (exact) mass is 634 g/mol. The molecule has 236 valence electrons. The summed E-state index contributed by atoms with van der Waals surface area (Å²) in [7, 11) is -3.41. The zero-order valence-electron chi connectivity index (χ0n) is 26.1. The van der Waals surface area contributed by atoms with Crippen molar-refractivity contribution in [2.45, 2.75) is 39.5 Å². The molecule has 5 rings (SSSR count). The average molecular weight is 635 g/mol. The van der Waals surface area contributed by atoms with E-state index < -0.39 is 10.0 Å². The molecule has 0 aliphatic carbocycles. The van der Waals surface area contributed by atoms with E-state index in [0.717, 1.165) is 39.8 Å². The second kappa shape index (κ2) is 15.3. The highest BCUT2D eigenvalue weighted by Gasteiger charge is 2.15. The molecule has 0 unspecified atom stereocenters. The fraction of sp³-hybridized carbons (Fsp3) is 0.184. The van der Waals surface area contributed by atoms with Crippen molar-refractivity contribution in [2.24, 2.45) is 0 Å². The Hall–Kier alpha value is -5.08. The number of hydrogen-bond acceptors (Lipinski definition) is 6. The van der Waals surface area contributed by atoms with Crippen LogP contribution >= 0.6 is 0 Å². The van der Waals surface area contributed by atoms with Crippen LogP contribution in [0.15, 0.2) is 127 Å². The van der Waals surface area contributed by atoms with E-state index in [4.69, 9.17) is 9.47 Å². The maximum absolute atomic E-state index is 12.2. The number of ether oxygens (including phenoxy) is 2. The molecule has 0 saturated heterocycles. The van der Waals surface area contributed by atoms with Crippen LogP contribution in [0.3, 0.4) is 0 Å². The minimum absolute atomic E-state index is 0.222. The van der Waals surface area contributed by atoms with Gasteiger partial charge in [-0.05, 0) is 77.6 Å². The van der Waals surface area contributed by atoms with E-state index in [-0.39, 0.29) is 12.6 Å². The third-order valence-corrected chi connectivity index (χ3v) is 8.06. The molecular formula is C38H38N2O5S. The predicted octanol–water partition coefficient (Wildman–Crippen LogP) is 8.04. The number of hydrogen-bond donors (Lipinski definition) is 1. The van der Waals surface area contributed by atoms with Crippen molar-refractivity contribution < 1.29 is 22.7 Å². The summed E-state index contributed by atoms with van der Waals surface area (Å²) < 4.78 is 38.0. The number of nitrogens with zero attached hydrogens (tertiary/aromatic N) is 1. The van der Waals surface area contributed by atoms with Gasteiger partial charge in [0.15, 0.2) is 0 Å². The van der Waals surface area contributed by atoms with Gasteiger partial charge in [-0.15, -0.1) is 0 Å². The fourth-order valence-corrected chi connectivity index (χ4v) is 5.73. The Balaban J connectivity index is 1.20. The van der Waals surface area contributed by atoms with Gasteiger partial charge in [0.2, 0.25) is 10.0 Å². The molecule has 0 aromatic heterocycles.